The fourth-order valence-electron chi connectivity index (χ4n) is 2.94. The van der Waals surface area contributed by atoms with E-state index >= 15 is 0 Å². The first-order valence-electron chi connectivity index (χ1n) is 9.27. The van der Waals surface area contributed by atoms with Crippen LogP contribution in [0.1, 0.15) is 11.1 Å². The first-order valence-corrected chi connectivity index (χ1v) is 10.4. The summed E-state index contributed by atoms with van der Waals surface area (Å²) in [4.78, 5) is 0. The maximum absolute atomic E-state index is 13.2. The molecule has 0 unspecified atom stereocenters. The van der Waals surface area contributed by atoms with Crippen molar-refractivity contribution in [2.75, 3.05) is 10.6 Å². The zero-order valence-electron chi connectivity index (χ0n) is 16.1. The summed E-state index contributed by atoms with van der Waals surface area (Å²) < 4.78 is 16.6. The Kier molecular flexibility index (Phi) is 6.50. The number of anilines is 2. The van der Waals surface area contributed by atoms with Gasteiger partial charge < -0.3 is 10.6 Å². The van der Waals surface area contributed by atoms with E-state index in [9.17, 15) is 4.39 Å². The molecule has 0 atom stereocenters. The van der Waals surface area contributed by atoms with Gasteiger partial charge in [-0.2, -0.15) is 10.2 Å². The second-order valence-corrected chi connectivity index (χ2v) is 7.95. The standard InChI is InChI=1S/C21H17Cl2FN6S/c22-18-4-2-1-3-14(18)12-30-13-17(10-25-30)26-21(31)27-20-7-8-29(28-20)11-15-5-6-16(24)9-19(15)23/h1-10,13H,11-12H2,(H2,26,27,28,31). The molecule has 2 N–H and O–H groups in total. The fourth-order valence-corrected chi connectivity index (χ4v) is 3.58. The van der Waals surface area contributed by atoms with Crippen LogP contribution >= 0.6 is 35.4 Å². The summed E-state index contributed by atoms with van der Waals surface area (Å²) in [5.41, 5.74) is 2.48. The molecule has 0 spiro atoms. The number of nitrogens with zero attached hydrogens (tertiary/aromatic N) is 4. The monoisotopic (exact) mass is 474 g/mol. The van der Waals surface area contributed by atoms with Gasteiger partial charge in [-0.05, 0) is 41.5 Å². The Balaban J connectivity index is 1.33. The minimum absolute atomic E-state index is 0.357. The summed E-state index contributed by atoms with van der Waals surface area (Å²) in [5, 5.41) is 16.3. The van der Waals surface area contributed by atoms with E-state index in [0.717, 1.165) is 16.8 Å². The van der Waals surface area contributed by atoms with Gasteiger partial charge in [-0.3, -0.25) is 9.36 Å². The molecule has 0 saturated heterocycles. The third kappa shape index (κ3) is 5.61. The topological polar surface area (TPSA) is 59.7 Å². The normalized spacial score (nSPS) is 10.8. The maximum Gasteiger partial charge on any atom is 0.176 e. The van der Waals surface area contributed by atoms with E-state index < -0.39 is 0 Å². The first kappa shape index (κ1) is 21.3. The SMILES string of the molecule is Fc1ccc(Cn2ccc(NC(=S)Nc3cnn(Cc4ccccc4Cl)c3)n2)c(Cl)c1. The van der Waals surface area contributed by atoms with Crippen molar-refractivity contribution in [1.82, 2.24) is 19.6 Å². The molecule has 0 radical (unpaired) electrons. The first-order chi connectivity index (χ1) is 15.0. The Hall–Kier alpha value is -2.94. The molecule has 4 aromatic rings. The minimum atomic E-state index is -0.372. The van der Waals surface area contributed by atoms with Gasteiger partial charge in [-0.15, -0.1) is 0 Å². The summed E-state index contributed by atoms with van der Waals surface area (Å²) in [6, 6.07) is 13.7. The van der Waals surface area contributed by atoms with Gasteiger partial charge in [-0.1, -0.05) is 47.5 Å². The van der Waals surface area contributed by atoms with Crippen molar-refractivity contribution in [3.63, 3.8) is 0 Å². The minimum Gasteiger partial charge on any atom is -0.330 e. The van der Waals surface area contributed by atoms with Crippen LogP contribution in [-0.4, -0.2) is 24.7 Å². The quantitative estimate of drug-likeness (QED) is 0.364. The highest BCUT2D eigenvalue weighted by atomic mass is 35.5. The van der Waals surface area contributed by atoms with Crippen LogP contribution in [0.2, 0.25) is 10.0 Å². The predicted octanol–water partition coefficient (Wildman–Crippen LogP) is 5.43. The lowest BCUT2D eigenvalue weighted by atomic mass is 10.2. The van der Waals surface area contributed by atoms with Crippen molar-refractivity contribution in [3.8, 4) is 0 Å². The van der Waals surface area contributed by atoms with Gasteiger partial charge in [-0.25, -0.2) is 4.39 Å². The zero-order chi connectivity index (χ0) is 21.8. The molecule has 10 heteroatoms. The van der Waals surface area contributed by atoms with Crippen LogP contribution < -0.4 is 10.6 Å². The molecule has 0 aliphatic carbocycles. The lowest BCUT2D eigenvalue weighted by molar-refractivity contribution is 0.624. The summed E-state index contributed by atoms with van der Waals surface area (Å²) in [5.74, 6) is 0.197. The molecule has 0 aliphatic rings. The number of thiocarbonyl (C=S) groups is 1. The highest BCUT2D eigenvalue weighted by Gasteiger charge is 2.08. The highest BCUT2D eigenvalue weighted by molar-refractivity contribution is 7.80. The number of benzene rings is 2. The fraction of sp³-hybridized carbons (Fsp3) is 0.0952. The van der Waals surface area contributed by atoms with Crippen LogP contribution in [-0.2, 0) is 13.1 Å². The predicted molar refractivity (Wildman–Crippen MR) is 125 cm³/mol. The Morgan fingerprint density at radius 1 is 0.968 bits per heavy atom. The third-order valence-corrected chi connectivity index (χ3v) is 5.34. The molecular weight excluding hydrogens is 458 g/mol. The number of aromatic nitrogens is 4. The Morgan fingerprint density at radius 2 is 1.74 bits per heavy atom. The molecule has 2 heterocycles. The summed E-state index contributed by atoms with van der Waals surface area (Å²) in [6.07, 6.45) is 5.30. The number of halogens is 3. The van der Waals surface area contributed by atoms with Crippen LogP contribution in [0.15, 0.2) is 67.1 Å². The number of hydrogen-bond acceptors (Lipinski definition) is 3. The molecule has 158 valence electrons. The van der Waals surface area contributed by atoms with Crippen LogP contribution in [0.25, 0.3) is 0 Å². The molecule has 0 saturated carbocycles. The van der Waals surface area contributed by atoms with Gasteiger partial charge in [0, 0.05) is 28.5 Å². The molecule has 2 aromatic heterocycles. The highest BCUT2D eigenvalue weighted by Crippen LogP contribution is 2.19. The van der Waals surface area contributed by atoms with Gasteiger partial charge >= 0.3 is 0 Å². The molecule has 6 nitrogen and oxygen atoms in total. The summed E-state index contributed by atoms with van der Waals surface area (Å²) in [6.45, 7) is 0.966. The smallest absolute Gasteiger partial charge is 0.176 e. The van der Waals surface area contributed by atoms with Crippen LogP contribution in [0.4, 0.5) is 15.9 Å². The lowest BCUT2D eigenvalue weighted by Gasteiger charge is -2.07. The van der Waals surface area contributed by atoms with E-state index in [-0.39, 0.29) is 5.82 Å². The van der Waals surface area contributed by atoms with E-state index in [2.05, 4.69) is 20.8 Å². The Morgan fingerprint density at radius 3 is 2.55 bits per heavy atom. The molecule has 2 aromatic carbocycles. The van der Waals surface area contributed by atoms with Crippen molar-refractivity contribution in [3.05, 3.63) is 94.1 Å². The molecule has 4 rings (SSSR count). The number of nitrogens with one attached hydrogen (secondary N) is 2. The molecule has 31 heavy (non-hydrogen) atoms. The average Bonchev–Trinajstić information content (AvgIpc) is 3.35. The van der Waals surface area contributed by atoms with Gasteiger partial charge in [0.2, 0.25) is 0 Å². The van der Waals surface area contributed by atoms with E-state index in [4.69, 9.17) is 35.4 Å². The van der Waals surface area contributed by atoms with Crippen LogP contribution in [0, 0.1) is 5.82 Å². The average molecular weight is 475 g/mol. The summed E-state index contributed by atoms with van der Waals surface area (Å²) in [7, 11) is 0. The molecular formula is C21H17Cl2FN6S. The molecule has 0 amide bonds. The third-order valence-electron chi connectivity index (χ3n) is 4.41. The van der Waals surface area contributed by atoms with Crippen molar-refractivity contribution < 1.29 is 4.39 Å². The van der Waals surface area contributed by atoms with Gasteiger partial charge in [0.05, 0.1) is 25.0 Å². The summed E-state index contributed by atoms with van der Waals surface area (Å²) >= 11 is 17.6. The lowest BCUT2D eigenvalue weighted by Crippen LogP contribution is -2.19. The largest absolute Gasteiger partial charge is 0.330 e. The van der Waals surface area contributed by atoms with Crippen LogP contribution in [0.3, 0.4) is 0 Å². The maximum atomic E-state index is 13.2. The second kappa shape index (κ2) is 9.47. The Labute approximate surface area is 193 Å². The second-order valence-electron chi connectivity index (χ2n) is 6.73. The van der Waals surface area contributed by atoms with Crippen molar-refractivity contribution in [2.45, 2.75) is 13.1 Å². The Bertz CT molecular complexity index is 1220. The van der Waals surface area contributed by atoms with Gasteiger partial charge in [0.15, 0.2) is 10.9 Å². The number of rotatable bonds is 6. The van der Waals surface area contributed by atoms with Crippen molar-refractivity contribution >= 4 is 52.0 Å². The molecule has 0 fully saturated rings. The van der Waals surface area contributed by atoms with E-state index in [1.165, 1.54) is 12.1 Å². The zero-order valence-corrected chi connectivity index (χ0v) is 18.4. The van der Waals surface area contributed by atoms with E-state index in [1.54, 1.807) is 33.9 Å². The van der Waals surface area contributed by atoms with Crippen molar-refractivity contribution in [1.29, 1.82) is 0 Å². The van der Waals surface area contributed by atoms with E-state index in [1.807, 2.05) is 30.5 Å². The van der Waals surface area contributed by atoms with E-state index in [0.29, 0.717) is 34.1 Å². The van der Waals surface area contributed by atoms with Crippen molar-refractivity contribution in [2.24, 2.45) is 0 Å². The van der Waals surface area contributed by atoms with Gasteiger partial charge in [0.1, 0.15) is 5.82 Å². The number of hydrogen-bond donors (Lipinski definition) is 2. The molecule has 0 bridgehead atoms. The molecule has 0 aliphatic heterocycles. The van der Waals surface area contributed by atoms with Crippen LogP contribution in [0.5, 0.6) is 0 Å². The van der Waals surface area contributed by atoms with Gasteiger partial charge in [0.25, 0.3) is 0 Å².